The van der Waals surface area contributed by atoms with E-state index in [-0.39, 0.29) is 0 Å². The number of hydrogen-bond donors (Lipinski definition) is 2. The van der Waals surface area contributed by atoms with Crippen LogP contribution in [0.15, 0.2) is 72.8 Å². The minimum atomic E-state index is -1.69. The summed E-state index contributed by atoms with van der Waals surface area (Å²) in [6, 6.07) is 18.4. The second-order valence-electron chi connectivity index (χ2n) is 6.67. The minimum absolute atomic E-state index is 0.439. The molecule has 0 unspecified atom stereocenters. The first-order valence-electron chi connectivity index (χ1n) is 9.58. The molecule has 164 valence electrons. The van der Waals surface area contributed by atoms with Crippen LogP contribution in [0.2, 0.25) is 0 Å². The van der Waals surface area contributed by atoms with Gasteiger partial charge in [0.2, 0.25) is 11.8 Å². The molecule has 0 aliphatic rings. The molecule has 0 radical (unpaired) electrons. The van der Waals surface area contributed by atoms with Gasteiger partial charge in [-0.25, -0.2) is 13.2 Å². The van der Waals surface area contributed by atoms with E-state index in [0.717, 1.165) is 17.2 Å². The van der Waals surface area contributed by atoms with Crippen LogP contribution >= 0.6 is 0 Å². The average molecular weight is 440 g/mol. The van der Waals surface area contributed by atoms with Crippen LogP contribution in [0.25, 0.3) is 6.08 Å². The number of nitrogens with one attached hydrogen (secondary N) is 2. The first-order chi connectivity index (χ1) is 15.4. The summed E-state index contributed by atoms with van der Waals surface area (Å²) in [5, 5.41) is 4.38. The summed E-state index contributed by atoms with van der Waals surface area (Å²) in [5.74, 6) is -5.25. The third-order valence-electron chi connectivity index (χ3n) is 4.29. The van der Waals surface area contributed by atoms with Gasteiger partial charge in [0.25, 0.3) is 0 Å². The van der Waals surface area contributed by atoms with Gasteiger partial charge in [-0.3, -0.25) is 9.59 Å². The number of halogens is 3. The monoisotopic (exact) mass is 440 g/mol. The normalized spacial score (nSPS) is 10.7. The number of anilines is 1. The van der Waals surface area contributed by atoms with E-state index in [0.29, 0.717) is 18.4 Å². The number of carbonyl (C=O) groups excluding carboxylic acids is 2. The van der Waals surface area contributed by atoms with E-state index in [9.17, 15) is 22.8 Å². The maximum absolute atomic E-state index is 13.6. The molecule has 0 aromatic heterocycles. The second kappa shape index (κ2) is 10.8. The molecule has 0 saturated heterocycles. The van der Waals surface area contributed by atoms with Crippen molar-refractivity contribution in [2.75, 3.05) is 11.9 Å². The summed E-state index contributed by atoms with van der Waals surface area (Å²) < 4.78 is 45.3. The topological polar surface area (TPSA) is 67.4 Å². The summed E-state index contributed by atoms with van der Waals surface area (Å²) in [4.78, 5) is 23.7. The van der Waals surface area contributed by atoms with E-state index >= 15 is 0 Å². The van der Waals surface area contributed by atoms with Crippen LogP contribution in [0.1, 0.15) is 11.1 Å². The van der Waals surface area contributed by atoms with Crippen LogP contribution in [0.5, 0.6) is 5.75 Å². The molecular formula is C24H19F3N2O3. The molecule has 0 bridgehead atoms. The fourth-order valence-corrected chi connectivity index (χ4v) is 2.63. The van der Waals surface area contributed by atoms with Gasteiger partial charge in [-0.2, -0.15) is 0 Å². The summed E-state index contributed by atoms with van der Waals surface area (Å²) in [6.07, 6.45) is 2.77. The van der Waals surface area contributed by atoms with Crippen LogP contribution in [0.3, 0.4) is 0 Å². The molecule has 3 aromatic rings. The quantitative estimate of drug-likeness (QED) is 0.402. The predicted molar refractivity (Wildman–Crippen MR) is 114 cm³/mol. The van der Waals surface area contributed by atoms with Crippen molar-refractivity contribution in [3.8, 4) is 5.75 Å². The Labute approximate surface area is 182 Å². The fourth-order valence-electron chi connectivity index (χ4n) is 2.63. The van der Waals surface area contributed by atoms with Crippen molar-refractivity contribution in [2.24, 2.45) is 0 Å². The number of carbonyl (C=O) groups is 2. The Morgan fingerprint density at radius 1 is 0.875 bits per heavy atom. The average Bonchev–Trinajstić information content (AvgIpc) is 2.82. The van der Waals surface area contributed by atoms with Gasteiger partial charge in [-0.05, 0) is 41.5 Å². The molecule has 5 nitrogen and oxygen atoms in total. The maximum Gasteiger partial charge on any atom is 0.244 e. The number of rotatable bonds is 8. The largest absolute Gasteiger partial charge is 0.489 e. The van der Waals surface area contributed by atoms with Gasteiger partial charge < -0.3 is 15.4 Å². The predicted octanol–water partition coefficient (Wildman–Crippen LogP) is 4.45. The van der Waals surface area contributed by atoms with Crippen molar-refractivity contribution in [3.05, 3.63) is 101 Å². The number of ether oxygens (including phenoxy) is 1. The van der Waals surface area contributed by atoms with Crippen LogP contribution in [-0.4, -0.2) is 18.4 Å². The van der Waals surface area contributed by atoms with Gasteiger partial charge in [0.1, 0.15) is 12.4 Å². The van der Waals surface area contributed by atoms with E-state index in [1.54, 1.807) is 30.3 Å². The van der Waals surface area contributed by atoms with E-state index in [1.165, 1.54) is 6.08 Å². The molecule has 0 fully saturated rings. The van der Waals surface area contributed by atoms with Gasteiger partial charge in [-0.15, -0.1) is 0 Å². The lowest BCUT2D eigenvalue weighted by Gasteiger charge is -2.07. The van der Waals surface area contributed by atoms with Gasteiger partial charge in [0.15, 0.2) is 17.5 Å². The SMILES string of the molecule is O=C(/C=C/c1ccc(OCc2ccccc2)cc1)NCC(=O)Nc1ccc(F)c(F)c1F. The van der Waals surface area contributed by atoms with Crippen molar-refractivity contribution in [2.45, 2.75) is 6.61 Å². The van der Waals surface area contributed by atoms with Gasteiger partial charge in [0, 0.05) is 6.08 Å². The number of hydrogen-bond acceptors (Lipinski definition) is 3. The maximum atomic E-state index is 13.6. The molecule has 0 atom stereocenters. The molecule has 3 rings (SSSR count). The Kier molecular flexibility index (Phi) is 7.64. The van der Waals surface area contributed by atoms with Gasteiger partial charge in [0.05, 0.1) is 12.2 Å². The van der Waals surface area contributed by atoms with Crippen molar-refractivity contribution in [3.63, 3.8) is 0 Å². The lowest BCUT2D eigenvalue weighted by molar-refractivity contribution is -0.121. The zero-order valence-corrected chi connectivity index (χ0v) is 16.8. The second-order valence-corrected chi connectivity index (χ2v) is 6.67. The molecule has 0 aliphatic carbocycles. The van der Waals surface area contributed by atoms with Gasteiger partial charge in [-0.1, -0.05) is 42.5 Å². The fraction of sp³-hybridized carbons (Fsp3) is 0.0833. The lowest BCUT2D eigenvalue weighted by Crippen LogP contribution is -2.32. The molecule has 0 spiro atoms. The molecule has 2 amide bonds. The van der Waals surface area contributed by atoms with E-state index < -0.39 is 41.5 Å². The Bertz CT molecular complexity index is 1120. The van der Waals surface area contributed by atoms with Gasteiger partial charge >= 0.3 is 0 Å². The molecule has 0 heterocycles. The van der Waals surface area contributed by atoms with Crippen LogP contribution < -0.4 is 15.4 Å². The molecule has 32 heavy (non-hydrogen) atoms. The van der Waals surface area contributed by atoms with Crippen LogP contribution in [0.4, 0.5) is 18.9 Å². The van der Waals surface area contributed by atoms with Crippen molar-refractivity contribution in [1.29, 1.82) is 0 Å². The lowest BCUT2D eigenvalue weighted by atomic mass is 10.2. The Hall–Kier alpha value is -4.07. The summed E-state index contributed by atoms with van der Waals surface area (Å²) in [5.41, 5.74) is 1.26. The smallest absolute Gasteiger partial charge is 0.244 e. The number of benzene rings is 3. The first-order valence-corrected chi connectivity index (χ1v) is 9.58. The standard InChI is InChI=1S/C24H19F3N2O3/c25-19-11-12-20(24(27)23(19)26)29-22(31)14-28-21(30)13-8-16-6-9-18(10-7-16)32-15-17-4-2-1-3-5-17/h1-13H,14-15H2,(H,28,30)(H,29,31)/b13-8+. The third kappa shape index (κ3) is 6.46. The van der Waals surface area contributed by atoms with E-state index in [1.807, 2.05) is 30.3 Å². The molecule has 3 aromatic carbocycles. The van der Waals surface area contributed by atoms with Crippen molar-refractivity contribution in [1.82, 2.24) is 5.32 Å². The van der Waals surface area contributed by atoms with Crippen LogP contribution in [0, 0.1) is 17.5 Å². The minimum Gasteiger partial charge on any atom is -0.489 e. The molecular weight excluding hydrogens is 421 g/mol. The molecule has 0 aliphatic heterocycles. The van der Waals surface area contributed by atoms with E-state index in [4.69, 9.17) is 4.74 Å². The Balaban J connectivity index is 1.44. The molecule has 8 heteroatoms. The highest BCUT2D eigenvalue weighted by Gasteiger charge is 2.15. The Morgan fingerprint density at radius 2 is 1.59 bits per heavy atom. The zero-order valence-electron chi connectivity index (χ0n) is 16.8. The first kappa shape index (κ1) is 22.6. The zero-order chi connectivity index (χ0) is 22.9. The molecule has 2 N–H and O–H groups in total. The molecule has 0 saturated carbocycles. The number of amides is 2. The van der Waals surface area contributed by atoms with Crippen molar-refractivity contribution >= 4 is 23.6 Å². The summed E-state index contributed by atoms with van der Waals surface area (Å²) in [6.45, 7) is -0.0389. The highest BCUT2D eigenvalue weighted by Crippen LogP contribution is 2.19. The third-order valence-corrected chi connectivity index (χ3v) is 4.29. The summed E-state index contributed by atoms with van der Waals surface area (Å²) >= 11 is 0. The van der Waals surface area contributed by atoms with E-state index in [2.05, 4.69) is 10.6 Å². The van der Waals surface area contributed by atoms with Crippen LogP contribution in [-0.2, 0) is 16.2 Å². The Morgan fingerprint density at radius 3 is 2.31 bits per heavy atom. The summed E-state index contributed by atoms with van der Waals surface area (Å²) in [7, 11) is 0. The highest BCUT2D eigenvalue weighted by atomic mass is 19.2. The highest BCUT2D eigenvalue weighted by molar-refractivity contribution is 5.98. The van der Waals surface area contributed by atoms with Crippen molar-refractivity contribution < 1.29 is 27.5 Å².